The van der Waals surface area contributed by atoms with Gasteiger partial charge in [-0.2, -0.15) is 5.10 Å². The number of rotatable bonds is 8. The summed E-state index contributed by atoms with van der Waals surface area (Å²) in [5, 5.41) is 37.4. The highest BCUT2D eigenvalue weighted by Crippen LogP contribution is 2.39. The molecule has 3 aromatic carbocycles. The summed E-state index contributed by atoms with van der Waals surface area (Å²) >= 11 is 2.21. The first-order chi connectivity index (χ1) is 17.2. The normalized spacial score (nSPS) is 11.0. The second-order valence-electron chi connectivity index (χ2n) is 6.95. The average molecular weight is 524 g/mol. The van der Waals surface area contributed by atoms with E-state index in [2.05, 4.69) is 15.5 Å². The fourth-order valence-corrected chi connectivity index (χ4v) is 5.18. The highest BCUT2D eigenvalue weighted by Gasteiger charge is 2.20. The van der Waals surface area contributed by atoms with Crippen LogP contribution in [0.1, 0.15) is 15.9 Å². The van der Waals surface area contributed by atoms with Crippen LogP contribution in [0.4, 0.5) is 17.1 Å². The number of hydrazone groups is 1. The van der Waals surface area contributed by atoms with Crippen molar-refractivity contribution in [2.24, 2.45) is 5.10 Å². The second kappa shape index (κ2) is 10.2. The molecule has 0 aliphatic carbocycles. The van der Waals surface area contributed by atoms with E-state index in [9.17, 15) is 35.1 Å². The van der Waals surface area contributed by atoms with Crippen LogP contribution in [-0.4, -0.2) is 31.9 Å². The van der Waals surface area contributed by atoms with Crippen molar-refractivity contribution >= 4 is 62.5 Å². The lowest BCUT2D eigenvalue weighted by atomic mass is 10.2. The van der Waals surface area contributed by atoms with Crippen molar-refractivity contribution in [2.75, 3.05) is 0 Å². The molecule has 0 radical (unpaired) electrons. The number of nitrogens with one attached hydrogen (secondary N) is 1. The van der Waals surface area contributed by atoms with E-state index in [1.54, 1.807) is 0 Å². The van der Waals surface area contributed by atoms with Crippen LogP contribution in [-0.2, 0) is 0 Å². The van der Waals surface area contributed by atoms with Gasteiger partial charge in [0.05, 0.1) is 36.1 Å². The number of carbonyl (C=O) groups excluding carboxylic acids is 1. The first-order valence-corrected chi connectivity index (χ1v) is 11.4. The summed E-state index contributed by atoms with van der Waals surface area (Å²) in [7, 11) is 0. The zero-order valence-electron chi connectivity index (χ0n) is 17.8. The number of hydrogen-bond donors (Lipinski definition) is 1. The maximum atomic E-state index is 12.2. The molecule has 1 amide bonds. The van der Waals surface area contributed by atoms with E-state index in [0.29, 0.717) is 20.1 Å². The number of aromatic nitrogens is 1. The number of fused-ring (bicyclic) bond motifs is 1. The number of carbonyl (C=O) groups is 1. The van der Waals surface area contributed by atoms with E-state index in [1.807, 2.05) is 0 Å². The van der Waals surface area contributed by atoms with Crippen LogP contribution in [0.15, 0.2) is 75.0 Å². The first-order valence-electron chi connectivity index (χ1n) is 9.81. The Balaban J connectivity index is 1.52. The minimum absolute atomic E-state index is 0.0775. The number of nitro groups is 3. The first kappa shape index (κ1) is 24.4. The lowest BCUT2D eigenvalue weighted by Crippen LogP contribution is -2.18. The fraction of sp³-hybridized carbons (Fsp3) is 0. The third-order valence-electron chi connectivity index (χ3n) is 4.67. The molecule has 0 saturated carbocycles. The fourth-order valence-electron chi connectivity index (χ4n) is 3.04. The van der Waals surface area contributed by atoms with Gasteiger partial charge in [0.25, 0.3) is 23.0 Å². The lowest BCUT2D eigenvalue weighted by molar-refractivity contribution is -0.387. The van der Waals surface area contributed by atoms with Crippen molar-refractivity contribution in [2.45, 2.75) is 9.24 Å². The monoisotopic (exact) mass is 524 g/mol. The van der Waals surface area contributed by atoms with Gasteiger partial charge in [0.15, 0.2) is 4.34 Å². The van der Waals surface area contributed by atoms with Crippen LogP contribution in [0.3, 0.4) is 0 Å². The third-order valence-corrected chi connectivity index (χ3v) is 6.81. The Labute approximate surface area is 208 Å². The molecule has 0 fully saturated rings. The van der Waals surface area contributed by atoms with Gasteiger partial charge in [-0.05, 0) is 18.2 Å². The zero-order valence-corrected chi connectivity index (χ0v) is 19.4. The van der Waals surface area contributed by atoms with E-state index in [4.69, 9.17) is 0 Å². The van der Waals surface area contributed by atoms with Crippen LogP contribution in [0.25, 0.3) is 10.2 Å². The highest BCUT2D eigenvalue weighted by atomic mass is 32.2. The van der Waals surface area contributed by atoms with Gasteiger partial charge in [0, 0.05) is 29.8 Å². The standard InChI is InChI=1S/C21H12N6O7S2/c28-20(14-3-1-2-4-16(14)26(31)32)24-22-11-12-5-8-18(17(9-12)27(33)34)35-21-23-15-7-6-13(25(29)30)10-19(15)36-21/h1-11H,(H,24,28)/b22-11+. The number of hydrogen-bond acceptors (Lipinski definition) is 11. The van der Waals surface area contributed by atoms with Crippen LogP contribution in [0.2, 0.25) is 0 Å². The summed E-state index contributed by atoms with van der Waals surface area (Å²) in [6.07, 6.45) is 1.17. The van der Waals surface area contributed by atoms with Gasteiger partial charge in [0.1, 0.15) is 5.56 Å². The molecule has 1 N–H and O–H groups in total. The molecule has 0 spiro atoms. The number of nitrogens with zero attached hydrogens (tertiary/aromatic N) is 5. The van der Waals surface area contributed by atoms with Gasteiger partial charge >= 0.3 is 0 Å². The molecule has 1 aromatic heterocycles. The van der Waals surface area contributed by atoms with Crippen molar-refractivity contribution in [3.8, 4) is 0 Å². The zero-order chi connectivity index (χ0) is 25.8. The smallest absolute Gasteiger partial charge is 0.267 e. The van der Waals surface area contributed by atoms with E-state index < -0.39 is 20.7 Å². The molecule has 13 nitrogen and oxygen atoms in total. The molecule has 180 valence electrons. The molecule has 0 aliphatic heterocycles. The van der Waals surface area contributed by atoms with E-state index in [0.717, 1.165) is 11.8 Å². The Bertz CT molecular complexity index is 1570. The predicted octanol–water partition coefficient (Wildman–Crippen LogP) is 4.94. The summed E-state index contributed by atoms with van der Waals surface area (Å²) in [5.74, 6) is -0.809. The molecule has 1 heterocycles. The average Bonchev–Trinajstić information content (AvgIpc) is 3.26. The molecule has 36 heavy (non-hydrogen) atoms. The Morgan fingerprint density at radius 1 is 0.944 bits per heavy atom. The largest absolute Gasteiger partial charge is 0.283 e. The highest BCUT2D eigenvalue weighted by molar-refractivity contribution is 8.01. The summed E-state index contributed by atoms with van der Waals surface area (Å²) in [6, 6.07) is 13.9. The topological polar surface area (TPSA) is 184 Å². The molecule has 0 bridgehead atoms. The van der Waals surface area contributed by atoms with Crippen molar-refractivity contribution in [3.05, 3.63) is 102 Å². The number of non-ortho nitro benzene ring substituents is 1. The second-order valence-corrected chi connectivity index (χ2v) is 9.27. The molecule has 0 saturated heterocycles. The molecular weight excluding hydrogens is 512 g/mol. The lowest BCUT2D eigenvalue weighted by Gasteiger charge is -2.03. The minimum atomic E-state index is -0.809. The third kappa shape index (κ3) is 5.31. The predicted molar refractivity (Wildman–Crippen MR) is 132 cm³/mol. The Morgan fingerprint density at radius 3 is 2.42 bits per heavy atom. The Hall–Kier alpha value is -4.76. The molecule has 15 heteroatoms. The van der Waals surface area contributed by atoms with Gasteiger partial charge < -0.3 is 0 Å². The Morgan fingerprint density at radius 2 is 1.69 bits per heavy atom. The van der Waals surface area contributed by atoms with E-state index in [-0.39, 0.29) is 27.5 Å². The quantitative estimate of drug-likeness (QED) is 0.189. The summed E-state index contributed by atoms with van der Waals surface area (Å²) in [4.78, 5) is 48.8. The molecular formula is C21H12N6O7S2. The van der Waals surface area contributed by atoms with Crippen LogP contribution in [0, 0.1) is 30.3 Å². The van der Waals surface area contributed by atoms with Gasteiger partial charge in [-0.3, -0.25) is 35.1 Å². The summed E-state index contributed by atoms with van der Waals surface area (Å²) in [5.41, 5.74) is 2.12. The number of nitro benzene ring substituents is 3. The van der Waals surface area contributed by atoms with E-state index in [1.165, 1.54) is 78.2 Å². The van der Waals surface area contributed by atoms with Crippen molar-refractivity contribution < 1.29 is 19.6 Å². The maximum absolute atomic E-state index is 12.2. The minimum Gasteiger partial charge on any atom is -0.267 e. The van der Waals surface area contributed by atoms with Crippen molar-refractivity contribution in [1.29, 1.82) is 0 Å². The molecule has 0 unspecified atom stereocenters. The Kier molecular flexibility index (Phi) is 6.93. The van der Waals surface area contributed by atoms with E-state index >= 15 is 0 Å². The molecule has 0 aliphatic rings. The van der Waals surface area contributed by atoms with Crippen LogP contribution in [0.5, 0.6) is 0 Å². The number of amides is 1. The summed E-state index contributed by atoms with van der Waals surface area (Å²) < 4.78 is 1.04. The maximum Gasteiger partial charge on any atom is 0.283 e. The van der Waals surface area contributed by atoms with Gasteiger partial charge in [0.2, 0.25) is 0 Å². The molecule has 4 aromatic rings. The van der Waals surface area contributed by atoms with Crippen molar-refractivity contribution in [1.82, 2.24) is 10.4 Å². The van der Waals surface area contributed by atoms with Gasteiger partial charge in [-0.25, -0.2) is 10.4 Å². The van der Waals surface area contributed by atoms with Gasteiger partial charge in [-0.1, -0.05) is 30.0 Å². The van der Waals surface area contributed by atoms with Crippen molar-refractivity contribution in [3.63, 3.8) is 0 Å². The molecule has 4 rings (SSSR count). The van der Waals surface area contributed by atoms with Gasteiger partial charge in [-0.15, -0.1) is 11.3 Å². The molecule has 0 atom stereocenters. The van der Waals surface area contributed by atoms with Crippen LogP contribution < -0.4 is 5.43 Å². The SMILES string of the molecule is O=C(N/N=C/c1ccc(Sc2nc3ccc([N+](=O)[O-])cc3s2)c([N+](=O)[O-])c1)c1ccccc1[N+](=O)[O-]. The summed E-state index contributed by atoms with van der Waals surface area (Å²) in [6.45, 7) is 0. The number of para-hydroxylation sites is 1. The number of benzene rings is 3. The number of thiazole rings is 1. The van der Waals surface area contributed by atoms with Crippen LogP contribution >= 0.6 is 23.1 Å².